The molecule has 0 radical (unpaired) electrons. The van der Waals surface area contributed by atoms with E-state index < -0.39 is 0 Å². The largest absolute Gasteiger partial charge is 0.342 e. The lowest BCUT2D eigenvalue weighted by molar-refractivity contribution is -0.143. The standard InChI is InChI=1S/C21H30FN3O2/c1-16(14-17-4-3-5-19(22)15-17)20(26)24-8-6-18(7-9-24)21(27)25-12-10-23(2)11-13-25/h3-5,15-16,18H,6-14H2,1-2H3/t16-/m1/s1. The number of carbonyl (C=O) groups excluding carboxylic acids is 2. The van der Waals surface area contributed by atoms with Gasteiger partial charge in [-0.1, -0.05) is 19.1 Å². The Morgan fingerprint density at radius 2 is 1.74 bits per heavy atom. The first-order chi connectivity index (χ1) is 12.9. The average molecular weight is 375 g/mol. The number of halogens is 1. The number of piperidine rings is 1. The van der Waals surface area contributed by atoms with E-state index in [2.05, 4.69) is 11.9 Å². The third-order valence-corrected chi connectivity index (χ3v) is 5.82. The zero-order valence-electron chi connectivity index (χ0n) is 16.4. The van der Waals surface area contributed by atoms with Crippen LogP contribution in [0.3, 0.4) is 0 Å². The van der Waals surface area contributed by atoms with Gasteiger partial charge < -0.3 is 14.7 Å². The number of hydrogen-bond donors (Lipinski definition) is 0. The van der Waals surface area contributed by atoms with E-state index in [1.165, 1.54) is 12.1 Å². The molecule has 0 spiro atoms. The Morgan fingerprint density at radius 3 is 2.37 bits per heavy atom. The van der Waals surface area contributed by atoms with E-state index >= 15 is 0 Å². The van der Waals surface area contributed by atoms with Crippen LogP contribution in [0.5, 0.6) is 0 Å². The van der Waals surface area contributed by atoms with Crippen molar-refractivity contribution >= 4 is 11.8 Å². The van der Waals surface area contributed by atoms with E-state index in [1.54, 1.807) is 6.07 Å². The summed E-state index contributed by atoms with van der Waals surface area (Å²) in [6, 6.07) is 6.44. The topological polar surface area (TPSA) is 43.9 Å². The van der Waals surface area contributed by atoms with Crippen LogP contribution in [0.1, 0.15) is 25.3 Å². The van der Waals surface area contributed by atoms with Gasteiger partial charge in [-0.3, -0.25) is 9.59 Å². The Morgan fingerprint density at radius 1 is 1.07 bits per heavy atom. The van der Waals surface area contributed by atoms with Gasteiger partial charge in [-0.05, 0) is 44.0 Å². The third kappa shape index (κ3) is 5.06. The normalized spacial score (nSPS) is 20.6. The molecule has 2 fully saturated rings. The van der Waals surface area contributed by atoms with Crippen LogP contribution in [0.25, 0.3) is 0 Å². The Bertz CT molecular complexity index is 665. The van der Waals surface area contributed by atoms with Crippen molar-refractivity contribution in [2.24, 2.45) is 11.8 Å². The van der Waals surface area contributed by atoms with Crippen molar-refractivity contribution in [3.63, 3.8) is 0 Å². The van der Waals surface area contributed by atoms with Gasteiger partial charge >= 0.3 is 0 Å². The van der Waals surface area contributed by atoms with Crippen molar-refractivity contribution < 1.29 is 14.0 Å². The fourth-order valence-corrected chi connectivity index (χ4v) is 4.05. The molecule has 2 aliphatic rings. The summed E-state index contributed by atoms with van der Waals surface area (Å²) in [6.07, 6.45) is 2.02. The molecule has 0 bridgehead atoms. The number of likely N-dealkylation sites (N-methyl/N-ethyl adjacent to an activating group) is 1. The summed E-state index contributed by atoms with van der Waals surface area (Å²) in [5.74, 6) is -0.0594. The molecular formula is C21H30FN3O2. The van der Waals surface area contributed by atoms with E-state index in [0.29, 0.717) is 19.5 Å². The summed E-state index contributed by atoms with van der Waals surface area (Å²) in [4.78, 5) is 31.5. The predicted octanol–water partition coefficient (Wildman–Crippen LogP) is 2.02. The minimum Gasteiger partial charge on any atom is -0.342 e. The Hall–Kier alpha value is -1.95. The molecule has 0 N–H and O–H groups in total. The third-order valence-electron chi connectivity index (χ3n) is 5.82. The molecule has 2 saturated heterocycles. The molecule has 2 amide bonds. The highest BCUT2D eigenvalue weighted by Gasteiger charge is 2.32. The fourth-order valence-electron chi connectivity index (χ4n) is 4.05. The lowest BCUT2D eigenvalue weighted by Crippen LogP contribution is -2.51. The molecule has 3 rings (SSSR count). The van der Waals surface area contributed by atoms with Gasteiger partial charge in [0.25, 0.3) is 0 Å². The number of rotatable bonds is 4. The van der Waals surface area contributed by atoms with Gasteiger partial charge in [-0.2, -0.15) is 0 Å². The minimum atomic E-state index is -0.268. The van der Waals surface area contributed by atoms with Crippen LogP contribution in [-0.2, 0) is 16.0 Å². The van der Waals surface area contributed by atoms with E-state index in [9.17, 15) is 14.0 Å². The first kappa shape index (κ1) is 19.8. The SMILES string of the molecule is C[C@H](Cc1cccc(F)c1)C(=O)N1CCC(C(=O)N2CCN(C)CC2)CC1. The second-order valence-corrected chi connectivity index (χ2v) is 7.96. The Kier molecular flexibility index (Phi) is 6.47. The molecule has 0 saturated carbocycles. The summed E-state index contributed by atoms with van der Waals surface area (Å²) in [7, 11) is 2.08. The van der Waals surface area contributed by atoms with E-state index in [4.69, 9.17) is 0 Å². The number of hydrogen-bond acceptors (Lipinski definition) is 3. The van der Waals surface area contributed by atoms with Crippen molar-refractivity contribution in [2.45, 2.75) is 26.2 Å². The average Bonchev–Trinajstić information content (AvgIpc) is 2.67. The van der Waals surface area contributed by atoms with Crippen molar-refractivity contribution in [2.75, 3.05) is 46.3 Å². The van der Waals surface area contributed by atoms with Gasteiger partial charge in [0.05, 0.1) is 0 Å². The molecule has 1 atom stereocenters. The first-order valence-corrected chi connectivity index (χ1v) is 9.94. The van der Waals surface area contributed by atoms with Crippen LogP contribution in [0.2, 0.25) is 0 Å². The smallest absolute Gasteiger partial charge is 0.225 e. The zero-order valence-corrected chi connectivity index (χ0v) is 16.4. The molecule has 6 heteroatoms. The molecule has 1 aromatic carbocycles. The van der Waals surface area contributed by atoms with Gasteiger partial charge in [-0.15, -0.1) is 0 Å². The number of nitrogens with zero attached hydrogens (tertiary/aromatic N) is 3. The summed E-state index contributed by atoms with van der Waals surface area (Å²) < 4.78 is 13.3. The number of carbonyl (C=O) groups is 2. The maximum absolute atomic E-state index is 13.3. The van der Waals surface area contributed by atoms with Crippen LogP contribution >= 0.6 is 0 Å². The van der Waals surface area contributed by atoms with Crippen LogP contribution in [0, 0.1) is 17.7 Å². The molecule has 27 heavy (non-hydrogen) atoms. The summed E-state index contributed by atoms with van der Waals surface area (Å²) >= 11 is 0. The molecule has 0 aromatic heterocycles. The number of piperazine rings is 1. The molecule has 1 aromatic rings. The van der Waals surface area contributed by atoms with Gasteiger partial charge in [0.1, 0.15) is 5.82 Å². The molecule has 2 heterocycles. The van der Waals surface area contributed by atoms with E-state index in [1.807, 2.05) is 22.8 Å². The summed E-state index contributed by atoms with van der Waals surface area (Å²) in [5, 5.41) is 0. The maximum Gasteiger partial charge on any atom is 0.225 e. The molecule has 0 aliphatic carbocycles. The van der Waals surface area contributed by atoms with Crippen LogP contribution < -0.4 is 0 Å². The Balaban J connectivity index is 1.48. The summed E-state index contributed by atoms with van der Waals surface area (Å²) in [5.41, 5.74) is 0.844. The summed E-state index contributed by atoms with van der Waals surface area (Å²) in [6.45, 7) is 6.64. The second kappa shape index (κ2) is 8.83. The number of likely N-dealkylation sites (tertiary alicyclic amines) is 1. The second-order valence-electron chi connectivity index (χ2n) is 7.96. The highest BCUT2D eigenvalue weighted by atomic mass is 19.1. The number of amides is 2. The van der Waals surface area contributed by atoms with Crippen molar-refractivity contribution in [3.8, 4) is 0 Å². The first-order valence-electron chi connectivity index (χ1n) is 9.94. The lowest BCUT2D eigenvalue weighted by atomic mass is 9.93. The monoisotopic (exact) mass is 375 g/mol. The molecule has 0 unspecified atom stereocenters. The van der Waals surface area contributed by atoms with E-state index in [-0.39, 0.29) is 29.5 Å². The van der Waals surface area contributed by atoms with Crippen molar-refractivity contribution in [1.29, 1.82) is 0 Å². The van der Waals surface area contributed by atoms with Gasteiger partial charge in [0.15, 0.2) is 0 Å². The molecule has 148 valence electrons. The zero-order chi connectivity index (χ0) is 19.4. The van der Waals surface area contributed by atoms with Crippen molar-refractivity contribution in [1.82, 2.24) is 14.7 Å². The number of benzene rings is 1. The van der Waals surface area contributed by atoms with Gasteiger partial charge in [-0.25, -0.2) is 4.39 Å². The lowest BCUT2D eigenvalue weighted by Gasteiger charge is -2.38. The van der Waals surface area contributed by atoms with Gasteiger partial charge in [0, 0.05) is 51.1 Å². The highest BCUT2D eigenvalue weighted by molar-refractivity contribution is 5.81. The van der Waals surface area contributed by atoms with Crippen LogP contribution in [0.4, 0.5) is 4.39 Å². The minimum absolute atomic E-state index is 0.0379. The highest BCUT2D eigenvalue weighted by Crippen LogP contribution is 2.22. The maximum atomic E-state index is 13.3. The van der Waals surface area contributed by atoms with E-state index in [0.717, 1.165) is 44.6 Å². The fraction of sp³-hybridized carbons (Fsp3) is 0.619. The quantitative estimate of drug-likeness (QED) is 0.809. The predicted molar refractivity (Wildman–Crippen MR) is 103 cm³/mol. The van der Waals surface area contributed by atoms with Crippen LogP contribution in [-0.4, -0.2) is 72.8 Å². The molecular weight excluding hydrogens is 345 g/mol. The van der Waals surface area contributed by atoms with Gasteiger partial charge in [0.2, 0.25) is 11.8 Å². The molecule has 2 aliphatic heterocycles. The Labute approximate surface area is 161 Å². The van der Waals surface area contributed by atoms with Crippen molar-refractivity contribution in [3.05, 3.63) is 35.6 Å². The van der Waals surface area contributed by atoms with Crippen LogP contribution in [0.15, 0.2) is 24.3 Å². The molecule has 5 nitrogen and oxygen atoms in total.